The minimum Gasteiger partial charge on any atom is -0.347 e. The number of nitrogens with one attached hydrogen (secondary N) is 2. The first-order valence-electron chi connectivity index (χ1n) is 18.3. The molecular weight excluding hydrogens is 672 g/mol. The Hall–Kier alpha value is -5.63. The number of carbonyl (C=O) groups is 2. The molecule has 0 radical (unpaired) electrons. The molecule has 1 saturated carbocycles. The van der Waals surface area contributed by atoms with Gasteiger partial charge in [0.25, 0.3) is 5.91 Å². The van der Waals surface area contributed by atoms with E-state index in [0.717, 1.165) is 55.5 Å². The van der Waals surface area contributed by atoms with Crippen molar-refractivity contribution in [2.75, 3.05) is 11.9 Å². The summed E-state index contributed by atoms with van der Waals surface area (Å²) in [6.45, 7) is 1.27. The fourth-order valence-corrected chi connectivity index (χ4v) is 8.28. The lowest BCUT2D eigenvalue weighted by atomic mass is 9.73. The summed E-state index contributed by atoms with van der Waals surface area (Å²) >= 11 is 0. The molecule has 0 aliphatic heterocycles. The average Bonchev–Trinajstić information content (AvgIpc) is 3.92. The summed E-state index contributed by atoms with van der Waals surface area (Å²) in [5.74, 6) is -0.153. The van der Waals surface area contributed by atoms with Crippen LogP contribution in [0.2, 0.25) is 0 Å². The Balaban J connectivity index is 1.02. The van der Waals surface area contributed by atoms with Gasteiger partial charge in [0.1, 0.15) is 12.0 Å². The van der Waals surface area contributed by atoms with E-state index in [2.05, 4.69) is 45.7 Å². The number of hydrogen-bond donors (Lipinski definition) is 2. The molecule has 6 aromatic rings. The number of benzene rings is 5. The molecule has 1 aromatic heterocycles. The van der Waals surface area contributed by atoms with Gasteiger partial charge in [-0.2, -0.15) is 13.2 Å². The standard InChI is InChI=1S/C45H40F3N3O2/c1-29-27-51(26-9-8-25-44(43(53)49-28-45(46,47)48)37-15-6-4-12-34(37)35-13-5-7-16-38(35)44)40-18-10-17-39(41(29)40)50-42(52)36-14-3-2-11-33(36)32-23-21-31(22-24-32)30-19-20-30/h2-7,10-18,21-24,27,30H,8-9,19-20,25-26,28H2,1H3,(H,49,53)(H,50,52). The minimum absolute atomic E-state index is 0.183. The first-order chi connectivity index (χ1) is 25.6. The number of fused-ring (bicyclic) bond motifs is 4. The van der Waals surface area contributed by atoms with Crippen molar-refractivity contribution in [2.24, 2.45) is 0 Å². The molecule has 5 nitrogen and oxygen atoms in total. The van der Waals surface area contributed by atoms with Crippen molar-refractivity contribution >= 4 is 28.4 Å². The highest BCUT2D eigenvalue weighted by Crippen LogP contribution is 2.51. The van der Waals surface area contributed by atoms with Gasteiger partial charge in [-0.3, -0.25) is 9.59 Å². The maximum absolute atomic E-state index is 13.9. The first-order valence-corrected chi connectivity index (χ1v) is 18.3. The smallest absolute Gasteiger partial charge is 0.347 e. The molecule has 8 rings (SSSR count). The lowest BCUT2D eigenvalue weighted by Crippen LogP contribution is -2.47. The molecule has 2 aliphatic rings. The number of aromatic nitrogens is 1. The highest BCUT2D eigenvalue weighted by Gasteiger charge is 2.49. The summed E-state index contributed by atoms with van der Waals surface area (Å²) in [5, 5.41) is 6.37. The maximum Gasteiger partial charge on any atom is 0.405 e. The van der Waals surface area contributed by atoms with Gasteiger partial charge in [-0.25, -0.2) is 0 Å². The molecule has 0 spiro atoms. The lowest BCUT2D eigenvalue weighted by Gasteiger charge is -2.31. The highest BCUT2D eigenvalue weighted by molar-refractivity contribution is 6.12. The van der Waals surface area contributed by atoms with Gasteiger partial charge >= 0.3 is 6.18 Å². The minimum atomic E-state index is -4.52. The molecule has 0 saturated heterocycles. The van der Waals surface area contributed by atoms with E-state index in [1.54, 1.807) is 0 Å². The SMILES string of the molecule is Cc1cn(CCCCC2(C(=O)NCC(F)(F)F)c3ccccc3-c3ccccc32)c2cccc(NC(=O)c3ccccc3-c3ccc(C4CC4)cc3)c12. The van der Waals surface area contributed by atoms with E-state index >= 15 is 0 Å². The van der Waals surface area contributed by atoms with Crippen molar-refractivity contribution in [1.29, 1.82) is 0 Å². The van der Waals surface area contributed by atoms with E-state index in [4.69, 9.17) is 0 Å². The average molecular weight is 712 g/mol. The van der Waals surface area contributed by atoms with Crippen molar-refractivity contribution in [3.8, 4) is 22.3 Å². The van der Waals surface area contributed by atoms with Crippen LogP contribution in [0.15, 0.2) is 121 Å². The Bertz CT molecular complexity index is 2290. The molecule has 2 N–H and O–H groups in total. The van der Waals surface area contributed by atoms with E-state index in [1.807, 2.05) is 97.9 Å². The second-order valence-corrected chi connectivity index (χ2v) is 14.4. The Kier molecular flexibility index (Phi) is 8.93. The van der Waals surface area contributed by atoms with Crippen LogP contribution < -0.4 is 10.6 Å². The third-order valence-corrected chi connectivity index (χ3v) is 10.9. The molecule has 8 heteroatoms. The van der Waals surface area contributed by atoms with Crippen molar-refractivity contribution in [3.05, 3.63) is 149 Å². The van der Waals surface area contributed by atoms with E-state index in [9.17, 15) is 22.8 Å². The third kappa shape index (κ3) is 6.52. The molecule has 0 unspecified atom stereocenters. The number of aryl methyl sites for hydroxylation is 2. The van der Waals surface area contributed by atoms with Gasteiger partial charge in [-0.1, -0.05) is 97.1 Å². The van der Waals surface area contributed by atoms with Crippen LogP contribution in [0.25, 0.3) is 33.2 Å². The highest BCUT2D eigenvalue weighted by atomic mass is 19.4. The molecule has 53 heavy (non-hydrogen) atoms. The zero-order chi connectivity index (χ0) is 36.7. The molecule has 5 aromatic carbocycles. The normalized spacial score (nSPS) is 14.5. The molecular formula is C45H40F3N3O2. The van der Waals surface area contributed by atoms with E-state index in [1.165, 1.54) is 18.4 Å². The Labute approximate surface area is 306 Å². The summed E-state index contributed by atoms with van der Waals surface area (Å²) in [5.41, 5.74) is 8.53. The van der Waals surface area contributed by atoms with Gasteiger partial charge in [0.15, 0.2) is 0 Å². The molecule has 1 heterocycles. The molecule has 268 valence electrons. The van der Waals surface area contributed by atoms with Crippen LogP contribution in [-0.2, 0) is 16.8 Å². The predicted octanol–water partition coefficient (Wildman–Crippen LogP) is 10.6. The van der Waals surface area contributed by atoms with Gasteiger partial charge in [-0.15, -0.1) is 0 Å². The number of anilines is 1. The second kappa shape index (κ2) is 13.7. The van der Waals surface area contributed by atoms with Crippen LogP contribution in [0.1, 0.15) is 70.6 Å². The predicted molar refractivity (Wildman–Crippen MR) is 204 cm³/mol. The summed E-state index contributed by atoms with van der Waals surface area (Å²) in [7, 11) is 0. The van der Waals surface area contributed by atoms with E-state index in [-0.39, 0.29) is 5.91 Å². The number of amides is 2. The summed E-state index contributed by atoms with van der Waals surface area (Å²) in [6, 6.07) is 37.2. The Morgan fingerprint density at radius 2 is 1.42 bits per heavy atom. The topological polar surface area (TPSA) is 63.1 Å². The molecule has 2 aliphatic carbocycles. The van der Waals surface area contributed by atoms with Gasteiger partial charge in [0.2, 0.25) is 5.91 Å². The van der Waals surface area contributed by atoms with Crippen LogP contribution in [-0.4, -0.2) is 29.1 Å². The fourth-order valence-electron chi connectivity index (χ4n) is 8.28. The second-order valence-electron chi connectivity index (χ2n) is 14.4. The van der Waals surface area contributed by atoms with Gasteiger partial charge < -0.3 is 15.2 Å². The number of alkyl halides is 3. The van der Waals surface area contributed by atoms with Crippen LogP contribution in [0.4, 0.5) is 18.9 Å². The van der Waals surface area contributed by atoms with Crippen molar-refractivity contribution in [3.63, 3.8) is 0 Å². The number of halogens is 3. The van der Waals surface area contributed by atoms with Crippen molar-refractivity contribution in [1.82, 2.24) is 9.88 Å². The van der Waals surface area contributed by atoms with Gasteiger partial charge in [-0.05, 0) is 108 Å². The van der Waals surface area contributed by atoms with Crippen LogP contribution in [0, 0.1) is 6.92 Å². The monoisotopic (exact) mass is 711 g/mol. The van der Waals surface area contributed by atoms with Crippen molar-refractivity contribution < 1.29 is 22.8 Å². The molecule has 1 fully saturated rings. The summed E-state index contributed by atoms with van der Waals surface area (Å²) in [6.07, 6.45) is 1.66. The number of carbonyl (C=O) groups excluding carboxylic acids is 2. The maximum atomic E-state index is 13.9. The molecule has 0 atom stereocenters. The van der Waals surface area contributed by atoms with Crippen LogP contribution in [0.5, 0.6) is 0 Å². The number of unbranched alkanes of at least 4 members (excludes halogenated alkanes) is 1. The van der Waals surface area contributed by atoms with Crippen molar-refractivity contribution in [2.45, 2.75) is 63.1 Å². The van der Waals surface area contributed by atoms with Gasteiger partial charge in [0.05, 0.1) is 11.2 Å². The lowest BCUT2D eigenvalue weighted by molar-refractivity contribution is -0.141. The number of rotatable bonds is 11. The van der Waals surface area contributed by atoms with Gasteiger partial charge in [0, 0.05) is 23.7 Å². The Morgan fingerprint density at radius 3 is 2.08 bits per heavy atom. The van der Waals surface area contributed by atoms with E-state index in [0.29, 0.717) is 37.3 Å². The zero-order valence-electron chi connectivity index (χ0n) is 29.5. The molecule has 2 amide bonds. The third-order valence-electron chi connectivity index (χ3n) is 10.9. The summed E-state index contributed by atoms with van der Waals surface area (Å²) < 4.78 is 42.1. The molecule has 0 bridgehead atoms. The Morgan fingerprint density at radius 1 is 0.774 bits per heavy atom. The quantitative estimate of drug-likeness (QED) is 0.131. The fraction of sp³-hybridized carbons (Fsp3) is 0.244. The zero-order valence-corrected chi connectivity index (χ0v) is 29.5. The van der Waals surface area contributed by atoms with Crippen LogP contribution in [0.3, 0.4) is 0 Å². The number of hydrogen-bond acceptors (Lipinski definition) is 2. The van der Waals surface area contributed by atoms with E-state index < -0.39 is 24.0 Å². The summed E-state index contributed by atoms with van der Waals surface area (Å²) in [4.78, 5) is 27.7. The van der Waals surface area contributed by atoms with Crippen LogP contribution >= 0.6 is 0 Å². The largest absolute Gasteiger partial charge is 0.405 e. The number of nitrogens with zero attached hydrogens (tertiary/aromatic N) is 1. The first kappa shape index (κ1) is 34.5.